The van der Waals surface area contributed by atoms with Gasteiger partial charge >= 0.3 is 0 Å². The van der Waals surface area contributed by atoms with Gasteiger partial charge in [0.05, 0.1) is 24.6 Å². The van der Waals surface area contributed by atoms with Gasteiger partial charge in [0.25, 0.3) is 0 Å². The standard InChI is InChI=1S/C12H20FN3O/c1-16(2)6-8-17-7-5-15-12-9-10(13)3-4-11(12)14/h3-4,9,15H,5-8,14H2,1-2H3. The Labute approximate surface area is 102 Å². The molecular formula is C12H20FN3O. The lowest BCUT2D eigenvalue weighted by molar-refractivity contribution is 0.126. The van der Waals surface area contributed by atoms with E-state index in [1.165, 1.54) is 12.1 Å². The molecule has 1 rings (SSSR count). The summed E-state index contributed by atoms with van der Waals surface area (Å²) in [5.41, 5.74) is 6.85. The fraction of sp³-hybridized carbons (Fsp3) is 0.500. The summed E-state index contributed by atoms with van der Waals surface area (Å²) in [6.45, 7) is 2.76. The number of nitrogen functional groups attached to an aromatic ring is 1. The molecule has 0 radical (unpaired) electrons. The minimum absolute atomic E-state index is 0.296. The second-order valence-corrected chi connectivity index (χ2v) is 4.07. The molecule has 0 saturated heterocycles. The highest BCUT2D eigenvalue weighted by Crippen LogP contribution is 2.18. The monoisotopic (exact) mass is 241 g/mol. The maximum Gasteiger partial charge on any atom is 0.125 e. The first-order chi connectivity index (χ1) is 8.09. The summed E-state index contributed by atoms with van der Waals surface area (Å²) >= 11 is 0. The van der Waals surface area contributed by atoms with Gasteiger partial charge in [-0.1, -0.05) is 0 Å². The minimum Gasteiger partial charge on any atom is -0.397 e. The van der Waals surface area contributed by atoms with Crippen molar-refractivity contribution in [3.05, 3.63) is 24.0 Å². The number of nitrogens with two attached hydrogens (primary N) is 1. The Morgan fingerprint density at radius 1 is 1.35 bits per heavy atom. The molecule has 0 amide bonds. The Hall–Kier alpha value is -1.33. The zero-order valence-corrected chi connectivity index (χ0v) is 10.4. The normalized spacial score (nSPS) is 10.8. The highest BCUT2D eigenvalue weighted by Gasteiger charge is 2.00. The number of likely N-dealkylation sites (N-methyl/N-ethyl adjacent to an activating group) is 1. The molecule has 0 bridgehead atoms. The van der Waals surface area contributed by atoms with Gasteiger partial charge in [0, 0.05) is 13.1 Å². The van der Waals surface area contributed by atoms with Crippen LogP contribution in [-0.2, 0) is 4.74 Å². The third kappa shape index (κ3) is 5.51. The molecule has 0 heterocycles. The summed E-state index contributed by atoms with van der Waals surface area (Å²) in [7, 11) is 3.99. The molecule has 0 aromatic heterocycles. The van der Waals surface area contributed by atoms with Crippen molar-refractivity contribution < 1.29 is 9.13 Å². The molecule has 0 aliphatic heterocycles. The smallest absolute Gasteiger partial charge is 0.125 e. The molecule has 5 heteroatoms. The van der Waals surface area contributed by atoms with E-state index in [0.717, 1.165) is 6.54 Å². The molecule has 96 valence electrons. The van der Waals surface area contributed by atoms with Crippen LogP contribution in [0.25, 0.3) is 0 Å². The molecule has 0 unspecified atom stereocenters. The van der Waals surface area contributed by atoms with Crippen molar-refractivity contribution in [2.45, 2.75) is 0 Å². The van der Waals surface area contributed by atoms with Gasteiger partial charge in [-0.05, 0) is 32.3 Å². The Morgan fingerprint density at radius 3 is 2.82 bits per heavy atom. The molecule has 17 heavy (non-hydrogen) atoms. The number of hydrogen-bond donors (Lipinski definition) is 2. The number of rotatable bonds is 7. The third-order valence-electron chi connectivity index (χ3n) is 2.26. The van der Waals surface area contributed by atoms with E-state index in [1.54, 1.807) is 6.07 Å². The summed E-state index contributed by atoms with van der Waals surface area (Å²) in [6, 6.07) is 4.27. The Balaban J connectivity index is 2.20. The van der Waals surface area contributed by atoms with Gasteiger partial charge in [-0.15, -0.1) is 0 Å². The molecule has 0 aliphatic rings. The highest BCUT2D eigenvalue weighted by molar-refractivity contribution is 5.65. The van der Waals surface area contributed by atoms with Crippen LogP contribution in [0.15, 0.2) is 18.2 Å². The van der Waals surface area contributed by atoms with Crippen LogP contribution < -0.4 is 11.1 Å². The molecule has 0 aliphatic carbocycles. The summed E-state index contributed by atoms with van der Waals surface area (Å²) in [5, 5.41) is 3.04. The van der Waals surface area contributed by atoms with Crippen LogP contribution in [-0.4, -0.2) is 45.3 Å². The average molecular weight is 241 g/mol. The first-order valence-electron chi connectivity index (χ1n) is 5.61. The number of anilines is 2. The second-order valence-electron chi connectivity index (χ2n) is 4.07. The number of halogens is 1. The maximum absolute atomic E-state index is 12.9. The topological polar surface area (TPSA) is 50.5 Å². The van der Waals surface area contributed by atoms with Gasteiger partial charge < -0.3 is 20.7 Å². The van der Waals surface area contributed by atoms with Gasteiger partial charge in [0.15, 0.2) is 0 Å². The summed E-state index contributed by atoms with van der Waals surface area (Å²) in [5.74, 6) is -0.296. The number of nitrogens with zero attached hydrogens (tertiary/aromatic N) is 1. The predicted octanol–water partition coefficient (Wildman–Crippen LogP) is 1.40. The van der Waals surface area contributed by atoms with Gasteiger partial charge in [0.1, 0.15) is 5.82 Å². The van der Waals surface area contributed by atoms with Gasteiger partial charge in [-0.2, -0.15) is 0 Å². The van der Waals surface area contributed by atoms with E-state index in [9.17, 15) is 4.39 Å². The zero-order valence-electron chi connectivity index (χ0n) is 10.4. The molecule has 0 saturated carbocycles. The van der Waals surface area contributed by atoms with Gasteiger partial charge in [0.2, 0.25) is 0 Å². The Bertz CT molecular complexity index is 345. The molecule has 1 aromatic rings. The molecule has 1 aromatic carbocycles. The highest BCUT2D eigenvalue weighted by atomic mass is 19.1. The molecule has 0 spiro atoms. The number of hydrogen-bond acceptors (Lipinski definition) is 4. The van der Waals surface area contributed by atoms with Crippen molar-refractivity contribution in [1.82, 2.24) is 4.90 Å². The summed E-state index contributed by atoms with van der Waals surface area (Å²) in [4.78, 5) is 2.05. The van der Waals surface area contributed by atoms with E-state index in [-0.39, 0.29) is 5.82 Å². The average Bonchev–Trinajstić information content (AvgIpc) is 2.27. The molecular weight excluding hydrogens is 221 g/mol. The fourth-order valence-electron chi connectivity index (χ4n) is 1.29. The van der Waals surface area contributed by atoms with Crippen LogP contribution in [0.1, 0.15) is 0 Å². The van der Waals surface area contributed by atoms with Crippen LogP contribution in [0, 0.1) is 5.82 Å². The van der Waals surface area contributed by atoms with Crippen molar-refractivity contribution in [1.29, 1.82) is 0 Å². The first kappa shape index (κ1) is 13.7. The third-order valence-corrected chi connectivity index (χ3v) is 2.26. The molecule has 0 atom stereocenters. The van der Waals surface area contributed by atoms with Crippen LogP contribution >= 0.6 is 0 Å². The van der Waals surface area contributed by atoms with E-state index in [4.69, 9.17) is 10.5 Å². The van der Waals surface area contributed by atoms with Crippen molar-refractivity contribution in [2.24, 2.45) is 0 Å². The predicted molar refractivity (Wildman–Crippen MR) is 68.7 cm³/mol. The van der Waals surface area contributed by atoms with Crippen LogP contribution in [0.3, 0.4) is 0 Å². The maximum atomic E-state index is 12.9. The lowest BCUT2D eigenvalue weighted by Crippen LogP contribution is -2.20. The van der Waals surface area contributed by atoms with Crippen molar-refractivity contribution in [2.75, 3.05) is 51.4 Å². The van der Waals surface area contributed by atoms with Crippen LogP contribution in [0.2, 0.25) is 0 Å². The molecule has 3 N–H and O–H groups in total. The van der Waals surface area contributed by atoms with Crippen LogP contribution in [0.4, 0.5) is 15.8 Å². The lowest BCUT2D eigenvalue weighted by atomic mass is 10.2. The van der Waals surface area contributed by atoms with E-state index in [1.807, 2.05) is 14.1 Å². The Kier molecular flexibility index (Phi) is 5.72. The number of ether oxygens (including phenoxy) is 1. The van der Waals surface area contributed by atoms with Crippen molar-refractivity contribution in [3.8, 4) is 0 Å². The first-order valence-corrected chi connectivity index (χ1v) is 5.61. The fourth-order valence-corrected chi connectivity index (χ4v) is 1.29. The number of benzene rings is 1. The summed E-state index contributed by atoms with van der Waals surface area (Å²) in [6.07, 6.45) is 0. The quantitative estimate of drug-likeness (QED) is 0.559. The number of nitrogens with one attached hydrogen (secondary N) is 1. The Morgan fingerprint density at radius 2 is 2.12 bits per heavy atom. The van der Waals surface area contributed by atoms with Crippen molar-refractivity contribution in [3.63, 3.8) is 0 Å². The van der Waals surface area contributed by atoms with Gasteiger partial charge in [-0.3, -0.25) is 0 Å². The lowest BCUT2D eigenvalue weighted by Gasteiger charge is -2.11. The largest absolute Gasteiger partial charge is 0.397 e. The SMILES string of the molecule is CN(C)CCOCCNc1cc(F)ccc1N. The van der Waals surface area contributed by atoms with Gasteiger partial charge in [-0.25, -0.2) is 4.39 Å². The van der Waals surface area contributed by atoms with E-state index < -0.39 is 0 Å². The minimum atomic E-state index is -0.296. The van der Waals surface area contributed by atoms with Crippen molar-refractivity contribution >= 4 is 11.4 Å². The van der Waals surface area contributed by atoms with E-state index in [2.05, 4.69) is 10.2 Å². The zero-order chi connectivity index (χ0) is 12.7. The van der Waals surface area contributed by atoms with E-state index >= 15 is 0 Å². The van der Waals surface area contributed by atoms with Crippen LogP contribution in [0.5, 0.6) is 0 Å². The summed E-state index contributed by atoms with van der Waals surface area (Å²) < 4.78 is 18.3. The second kappa shape index (κ2) is 7.09. The molecule has 0 fully saturated rings. The molecule has 4 nitrogen and oxygen atoms in total. The van der Waals surface area contributed by atoms with E-state index in [0.29, 0.717) is 31.1 Å².